The third kappa shape index (κ3) is 2.17. The molecular weight excluding hydrogens is 266 g/mol. The summed E-state index contributed by atoms with van der Waals surface area (Å²) in [5.41, 5.74) is 0.00532. The fourth-order valence-corrected chi connectivity index (χ4v) is 2.97. The highest BCUT2D eigenvalue weighted by atomic mass is 32.1. The molecule has 1 saturated heterocycles. The first-order valence-corrected chi connectivity index (χ1v) is 6.94. The molecule has 0 spiro atoms. The fraction of sp³-hybridized carbons (Fsp3) is 0.385. The minimum absolute atomic E-state index is 0.00532. The SMILES string of the molecule is CC1OCCC1c1oc(-c2cccs2)nc1C(=O)O. The van der Waals surface area contributed by atoms with Crippen molar-refractivity contribution < 1.29 is 19.1 Å². The molecule has 0 aliphatic carbocycles. The van der Waals surface area contributed by atoms with Gasteiger partial charge in [0.15, 0.2) is 5.69 Å². The zero-order valence-electron chi connectivity index (χ0n) is 10.3. The van der Waals surface area contributed by atoms with Crippen LogP contribution in [-0.4, -0.2) is 28.8 Å². The summed E-state index contributed by atoms with van der Waals surface area (Å²) < 4.78 is 11.2. The lowest BCUT2D eigenvalue weighted by atomic mass is 9.98. The monoisotopic (exact) mass is 279 g/mol. The molecule has 1 aliphatic rings. The lowest BCUT2D eigenvalue weighted by Gasteiger charge is -2.10. The van der Waals surface area contributed by atoms with Gasteiger partial charge in [-0.2, -0.15) is 0 Å². The van der Waals surface area contributed by atoms with Crippen molar-refractivity contribution in [2.24, 2.45) is 0 Å². The molecule has 6 heteroatoms. The van der Waals surface area contributed by atoms with Gasteiger partial charge in [0.25, 0.3) is 0 Å². The third-order valence-corrected chi connectivity index (χ3v) is 4.16. The largest absolute Gasteiger partial charge is 0.476 e. The molecule has 3 heterocycles. The molecule has 19 heavy (non-hydrogen) atoms. The van der Waals surface area contributed by atoms with Crippen LogP contribution in [0.5, 0.6) is 0 Å². The molecule has 0 aromatic carbocycles. The van der Waals surface area contributed by atoms with Gasteiger partial charge in [0.05, 0.1) is 11.0 Å². The van der Waals surface area contributed by atoms with Crippen molar-refractivity contribution in [1.29, 1.82) is 0 Å². The topological polar surface area (TPSA) is 72.6 Å². The number of thiophene rings is 1. The van der Waals surface area contributed by atoms with Crippen LogP contribution in [0, 0.1) is 0 Å². The number of aromatic nitrogens is 1. The molecule has 0 bridgehead atoms. The number of carboxylic acid groups (broad SMARTS) is 1. The summed E-state index contributed by atoms with van der Waals surface area (Å²) in [5.74, 6) is -0.282. The number of ether oxygens (including phenoxy) is 1. The molecule has 2 atom stereocenters. The van der Waals surface area contributed by atoms with Gasteiger partial charge in [-0.15, -0.1) is 11.3 Å². The summed E-state index contributed by atoms with van der Waals surface area (Å²) in [7, 11) is 0. The van der Waals surface area contributed by atoms with Gasteiger partial charge >= 0.3 is 5.97 Å². The molecule has 100 valence electrons. The molecular formula is C13H13NO4S. The van der Waals surface area contributed by atoms with Crippen molar-refractivity contribution in [2.75, 3.05) is 6.61 Å². The van der Waals surface area contributed by atoms with Gasteiger partial charge in [0.2, 0.25) is 5.89 Å². The minimum atomic E-state index is -1.05. The van der Waals surface area contributed by atoms with Gasteiger partial charge in [-0.05, 0) is 24.8 Å². The second-order valence-electron chi connectivity index (χ2n) is 4.49. The highest BCUT2D eigenvalue weighted by Gasteiger charge is 2.34. The number of aromatic carboxylic acids is 1. The van der Waals surface area contributed by atoms with Crippen LogP contribution >= 0.6 is 11.3 Å². The number of hydrogen-bond acceptors (Lipinski definition) is 5. The number of rotatable bonds is 3. The Balaban J connectivity index is 2.05. The van der Waals surface area contributed by atoms with E-state index in [1.807, 2.05) is 24.4 Å². The van der Waals surface area contributed by atoms with E-state index >= 15 is 0 Å². The first-order valence-electron chi connectivity index (χ1n) is 6.06. The first kappa shape index (κ1) is 12.4. The Morgan fingerprint density at radius 1 is 1.58 bits per heavy atom. The molecule has 5 nitrogen and oxygen atoms in total. The normalized spacial score (nSPS) is 22.8. The summed E-state index contributed by atoms with van der Waals surface area (Å²) in [6.45, 7) is 2.55. The van der Waals surface area contributed by atoms with Crippen LogP contribution in [0.25, 0.3) is 10.8 Å². The molecule has 2 aromatic rings. The average molecular weight is 279 g/mol. The summed E-state index contributed by atoms with van der Waals surface area (Å²) in [6.07, 6.45) is 0.725. The predicted octanol–water partition coefficient (Wildman–Crippen LogP) is 2.99. The van der Waals surface area contributed by atoms with E-state index in [1.165, 1.54) is 11.3 Å². The van der Waals surface area contributed by atoms with Crippen molar-refractivity contribution in [3.05, 3.63) is 29.0 Å². The predicted molar refractivity (Wildman–Crippen MR) is 69.5 cm³/mol. The fourth-order valence-electron chi connectivity index (χ4n) is 2.32. The third-order valence-electron chi connectivity index (χ3n) is 3.30. The molecule has 3 rings (SSSR count). The standard InChI is InChI=1S/C13H13NO4S/c1-7-8(4-5-17-7)11-10(13(15)16)14-12(18-11)9-3-2-6-19-9/h2-3,6-8H,4-5H2,1H3,(H,15,16). The van der Waals surface area contributed by atoms with Crippen molar-refractivity contribution in [3.8, 4) is 10.8 Å². The zero-order valence-corrected chi connectivity index (χ0v) is 11.1. The Kier molecular flexibility index (Phi) is 3.12. The van der Waals surface area contributed by atoms with E-state index in [4.69, 9.17) is 9.15 Å². The van der Waals surface area contributed by atoms with Gasteiger partial charge in [-0.25, -0.2) is 9.78 Å². The highest BCUT2D eigenvalue weighted by Crippen LogP contribution is 2.36. The summed E-state index contributed by atoms with van der Waals surface area (Å²) in [6, 6.07) is 3.74. The molecule has 0 radical (unpaired) electrons. The Morgan fingerprint density at radius 3 is 3.00 bits per heavy atom. The van der Waals surface area contributed by atoms with E-state index in [0.717, 1.165) is 11.3 Å². The van der Waals surface area contributed by atoms with Crippen LogP contribution < -0.4 is 0 Å². The van der Waals surface area contributed by atoms with Gasteiger partial charge in [0, 0.05) is 12.5 Å². The lowest BCUT2D eigenvalue weighted by Crippen LogP contribution is -2.12. The molecule has 1 fully saturated rings. The van der Waals surface area contributed by atoms with Crippen LogP contribution in [-0.2, 0) is 4.74 Å². The number of carboxylic acids is 1. The number of hydrogen-bond donors (Lipinski definition) is 1. The number of carbonyl (C=O) groups is 1. The van der Waals surface area contributed by atoms with Crippen molar-refractivity contribution in [1.82, 2.24) is 4.98 Å². The van der Waals surface area contributed by atoms with Crippen LogP contribution in [0.3, 0.4) is 0 Å². The molecule has 2 unspecified atom stereocenters. The maximum Gasteiger partial charge on any atom is 0.358 e. The summed E-state index contributed by atoms with van der Waals surface area (Å²) >= 11 is 1.47. The lowest BCUT2D eigenvalue weighted by molar-refractivity contribution is 0.0686. The van der Waals surface area contributed by atoms with E-state index < -0.39 is 5.97 Å². The van der Waals surface area contributed by atoms with Gasteiger partial charge in [0.1, 0.15) is 5.76 Å². The van der Waals surface area contributed by atoms with Crippen molar-refractivity contribution in [2.45, 2.75) is 25.4 Å². The van der Waals surface area contributed by atoms with Crippen LogP contribution in [0.4, 0.5) is 0 Å². The Morgan fingerprint density at radius 2 is 2.42 bits per heavy atom. The van der Waals surface area contributed by atoms with E-state index in [1.54, 1.807) is 0 Å². The number of oxazole rings is 1. The van der Waals surface area contributed by atoms with E-state index in [-0.39, 0.29) is 17.7 Å². The smallest absolute Gasteiger partial charge is 0.358 e. The molecule has 1 aliphatic heterocycles. The van der Waals surface area contributed by atoms with Gasteiger partial charge in [-0.3, -0.25) is 0 Å². The molecule has 1 N–H and O–H groups in total. The van der Waals surface area contributed by atoms with Crippen LogP contribution in [0.2, 0.25) is 0 Å². The number of nitrogens with zero attached hydrogens (tertiary/aromatic N) is 1. The first-order chi connectivity index (χ1) is 9.16. The Bertz CT molecular complexity index is 590. The van der Waals surface area contributed by atoms with Crippen LogP contribution in [0.15, 0.2) is 21.9 Å². The molecule has 0 amide bonds. The van der Waals surface area contributed by atoms with Crippen molar-refractivity contribution in [3.63, 3.8) is 0 Å². The maximum absolute atomic E-state index is 11.3. The minimum Gasteiger partial charge on any atom is -0.476 e. The maximum atomic E-state index is 11.3. The van der Waals surface area contributed by atoms with E-state index in [0.29, 0.717) is 18.3 Å². The summed E-state index contributed by atoms with van der Waals surface area (Å²) in [4.78, 5) is 16.3. The summed E-state index contributed by atoms with van der Waals surface area (Å²) in [5, 5.41) is 11.2. The van der Waals surface area contributed by atoms with Gasteiger partial charge in [-0.1, -0.05) is 6.07 Å². The second kappa shape index (κ2) is 4.79. The van der Waals surface area contributed by atoms with Gasteiger partial charge < -0.3 is 14.3 Å². The Hall–Kier alpha value is -1.66. The zero-order chi connectivity index (χ0) is 13.4. The van der Waals surface area contributed by atoms with Crippen LogP contribution in [0.1, 0.15) is 35.5 Å². The molecule has 0 saturated carbocycles. The quantitative estimate of drug-likeness (QED) is 0.935. The van der Waals surface area contributed by atoms with E-state index in [9.17, 15) is 9.90 Å². The second-order valence-corrected chi connectivity index (χ2v) is 5.43. The highest BCUT2D eigenvalue weighted by molar-refractivity contribution is 7.13. The Labute approximate surface area is 113 Å². The van der Waals surface area contributed by atoms with E-state index in [2.05, 4.69) is 4.98 Å². The molecule has 2 aromatic heterocycles. The van der Waals surface area contributed by atoms with Crippen molar-refractivity contribution >= 4 is 17.3 Å². The average Bonchev–Trinajstić information content (AvgIpc) is 3.07.